The average Bonchev–Trinajstić information content (AvgIpc) is 2.55. The lowest BCUT2D eigenvalue weighted by atomic mass is 10.2. The standard InChI is InChI=1S/C17H20ClNO3/c1-21-17-10-14(4-7-16(17)22-9-8-20)12-19-11-13-2-5-15(18)6-3-13/h2-7,10,19-20H,8-9,11-12H2,1H3. The zero-order chi connectivity index (χ0) is 15.8. The van der Waals surface area contributed by atoms with Crippen LogP contribution >= 0.6 is 11.6 Å². The molecular formula is C17H20ClNO3. The molecule has 0 radical (unpaired) electrons. The van der Waals surface area contributed by atoms with Crippen LogP contribution in [-0.2, 0) is 13.1 Å². The molecule has 2 aromatic carbocycles. The van der Waals surface area contributed by atoms with Crippen LogP contribution in [0.4, 0.5) is 0 Å². The molecule has 0 aliphatic heterocycles. The smallest absolute Gasteiger partial charge is 0.161 e. The van der Waals surface area contributed by atoms with Crippen molar-refractivity contribution in [3.05, 3.63) is 58.6 Å². The maximum Gasteiger partial charge on any atom is 0.161 e. The number of aliphatic hydroxyl groups excluding tert-OH is 1. The van der Waals surface area contributed by atoms with Gasteiger partial charge in [0.15, 0.2) is 11.5 Å². The summed E-state index contributed by atoms with van der Waals surface area (Å²) in [6, 6.07) is 13.5. The molecule has 0 atom stereocenters. The lowest BCUT2D eigenvalue weighted by molar-refractivity contribution is 0.196. The topological polar surface area (TPSA) is 50.7 Å². The SMILES string of the molecule is COc1cc(CNCc2ccc(Cl)cc2)ccc1OCCO. The molecule has 4 nitrogen and oxygen atoms in total. The van der Waals surface area contributed by atoms with Gasteiger partial charge in [-0.3, -0.25) is 0 Å². The van der Waals surface area contributed by atoms with Crippen molar-refractivity contribution in [1.29, 1.82) is 0 Å². The van der Waals surface area contributed by atoms with Gasteiger partial charge in [-0.15, -0.1) is 0 Å². The molecule has 0 fully saturated rings. The van der Waals surface area contributed by atoms with Gasteiger partial charge in [0.2, 0.25) is 0 Å². The Bertz CT molecular complexity index is 587. The van der Waals surface area contributed by atoms with E-state index >= 15 is 0 Å². The highest BCUT2D eigenvalue weighted by atomic mass is 35.5. The monoisotopic (exact) mass is 321 g/mol. The van der Waals surface area contributed by atoms with E-state index in [0.29, 0.717) is 11.5 Å². The molecule has 2 rings (SSSR count). The van der Waals surface area contributed by atoms with E-state index in [2.05, 4.69) is 5.32 Å². The van der Waals surface area contributed by atoms with Crippen LogP contribution in [0.3, 0.4) is 0 Å². The van der Waals surface area contributed by atoms with Gasteiger partial charge in [-0.1, -0.05) is 29.8 Å². The van der Waals surface area contributed by atoms with E-state index in [-0.39, 0.29) is 13.2 Å². The number of hydrogen-bond donors (Lipinski definition) is 2. The first kappa shape index (κ1) is 16.6. The van der Waals surface area contributed by atoms with Crippen LogP contribution in [0.2, 0.25) is 5.02 Å². The van der Waals surface area contributed by atoms with Gasteiger partial charge in [-0.2, -0.15) is 0 Å². The van der Waals surface area contributed by atoms with Gasteiger partial charge in [0.1, 0.15) is 6.61 Å². The van der Waals surface area contributed by atoms with Crippen LogP contribution in [0.5, 0.6) is 11.5 Å². The summed E-state index contributed by atoms with van der Waals surface area (Å²) in [5, 5.41) is 12.9. The average molecular weight is 322 g/mol. The van der Waals surface area contributed by atoms with E-state index in [1.807, 2.05) is 42.5 Å². The summed E-state index contributed by atoms with van der Waals surface area (Å²) in [4.78, 5) is 0. The number of nitrogens with one attached hydrogen (secondary N) is 1. The van der Waals surface area contributed by atoms with Gasteiger partial charge < -0.3 is 19.9 Å². The first-order valence-corrected chi connectivity index (χ1v) is 7.46. The number of methoxy groups -OCH3 is 1. The summed E-state index contributed by atoms with van der Waals surface area (Å²) in [6.45, 7) is 1.72. The van der Waals surface area contributed by atoms with Crippen molar-refractivity contribution in [2.75, 3.05) is 20.3 Å². The molecule has 5 heteroatoms. The van der Waals surface area contributed by atoms with Crippen LogP contribution in [0.25, 0.3) is 0 Å². The molecular weight excluding hydrogens is 302 g/mol. The minimum Gasteiger partial charge on any atom is -0.493 e. The first-order chi connectivity index (χ1) is 10.7. The number of rotatable bonds is 8. The van der Waals surface area contributed by atoms with Gasteiger partial charge in [0.25, 0.3) is 0 Å². The number of hydrogen-bond acceptors (Lipinski definition) is 4. The minimum atomic E-state index is -0.0203. The van der Waals surface area contributed by atoms with Crippen LogP contribution in [0.1, 0.15) is 11.1 Å². The van der Waals surface area contributed by atoms with Crippen LogP contribution in [0, 0.1) is 0 Å². The van der Waals surface area contributed by atoms with Gasteiger partial charge in [-0.05, 0) is 35.4 Å². The van der Waals surface area contributed by atoms with Crippen molar-refractivity contribution < 1.29 is 14.6 Å². The van der Waals surface area contributed by atoms with E-state index in [9.17, 15) is 0 Å². The predicted molar refractivity (Wildman–Crippen MR) is 87.6 cm³/mol. The zero-order valence-electron chi connectivity index (χ0n) is 12.5. The quantitative estimate of drug-likeness (QED) is 0.784. The second kappa shape index (κ2) is 8.63. The summed E-state index contributed by atoms with van der Waals surface area (Å²) < 4.78 is 10.7. The fourth-order valence-corrected chi connectivity index (χ4v) is 2.18. The summed E-state index contributed by atoms with van der Waals surface area (Å²) in [7, 11) is 1.60. The Balaban J connectivity index is 1.90. The van der Waals surface area contributed by atoms with Crippen LogP contribution in [0.15, 0.2) is 42.5 Å². The maximum absolute atomic E-state index is 8.80. The molecule has 0 aliphatic carbocycles. The molecule has 2 aromatic rings. The Hall–Kier alpha value is -1.75. The van der Waals surface area contributed by atoms with Crippen LogP contribution in [-0.4, -0.2) is 25.4 Å². The molecule has 0 saturated heterocycles. The van der Waals surface area contributed by atoms with E-state index in [0.717, 1.165) is 23.7 Å². The highest BCUT2D eigenvalue weighted by molar-refractivity contribution is 6.30. The maximum atomic E-state index is 8.80. The fourth-order valence-electron chi connectivity index (χ4n) is 2.05. The molecule has 0 saturated carbocycles. The summed E-state index contributed by atoms with van der Waals surface area (Å²) >= 11 is 5.86. The summed E-state index contributed by atoms with van der Waals surface area (Å²) in [6.07, 6.45) is 0. The highest BCUT2D eigenvalue weighted by Gasteiger charge is 2.05. The molecule has 22 heavy (non-hydrogen) atoms. The van der Waals surface area contributed by atoms with E-state index in [4.69, 9.17) is 26.2 Å². The van der Waals surface area contributed by atoms with E-state index in [1.54, 1.807) is 7.11 Å². The van der Waals surface area contributed by atoms with Crippen molar-refractivity contribution in [2.45, 2.75) is 13.1 Å². The lowest BCUT2D eigenvalue weighted by Gasteiger charge is -2.12. The fraction of sp³-hybridized carbons (Fsp3) is 0.294. The second-order valence-corrected chi connectivity index (χ2v) is 5.22. The molecule has 0 heterocycles. The van der Waals surface area contributed by atoms with Crippen molar-refractivity contribution in [1.82, 2.24) is 5.32 Å². The molecule has 0 spiro atoms. The first-order valence-electron chi connectivity index (χ1n) is 7.08. The van der Waals surface area contributed by atoms with Crippen molar-refractivity contribution in [3.8, 4) is 11.5 Å². The Morgan fingerprint density at radius 2 is 1.68 bits per heavy atom. The summed E-state index contributed by atoms with van der Waals surface area (Å²) in [5.74, 6) is 1.30. The summed E-state index contributed by atoms with van der Waals surface area (Å²) in [5.41, 5.74) is 2.28. The molecule has 118 valence electrons. The molecule has 0 bridgehead atoms. The van der Waals surface area contributed by atoms with Gasteiger partial charge >= 0.3 is 0 Å². The molecule has 0 amide bonds. The second-order valence-electron chi connectivity index (χ2n) is 4.79. The van der Waals surface area contributed by atoms with Crippen molar-refractivity contribution in [3.63, 3.8) is 0 Å². The molecule has 2 N–H and O–H groups in total. The minimum absolute atomic E-state index is 0.0203. The van der Waals surface area contributed by atoms with Crippen molar-refractivity contribution >= 4 is 11.6 Å². The molecule has 0 unspecified atom stereocenters. The number of benzene rings is 2. The Kier molecular flexibility index (Phi) is 6.52. The van der Waals surface area contributed by atoms with Crippen molar-refractivity contribution in [2.24, 2.45) is 0 Å². The van der Waals surface area contributed by atoms with Gasteiger partial charge in [-0.25, -0.2) is 0 Å². The normalized spacial score (nSPS) is 10.5. The molecule has 0 aliphatic rings. The third-order valence-corrected chi connectivity index (χ3v) is 3.40. The van der Waals surface area contributed by atoms with E-state index < -0.39 is 0 Å². The van der Waals surface area contributed by atoms with Gasteiger partial charge in [0.05, 0.1) is 13.7 Å². The molecule has 0 aromatic heterocycles. The number of halogens is 1. The zero-order valence-corrected chi connectivity index (χ0v) is 13.3. The van der Waals surface area contributed by atoms with Gasteiger partial charge in [0, 0.05) is 18.1 Å². The predicted octanol–water partition coefficient (Wildman–Crippen LogP) is 3.01. The van der Waals surface area contributed by atoms with Crippen LogP contribution < -0.4 is 14.8 Å². The Morgan fingerprint density at radius 3 is 2.36 bits per heavy atom. The Morgan fingerprint density at radius 1 is 1.00 bits per heavy atom. The third kappa shape index (κ3) is 4.91. The number of aliphatic hydroxyl groups is 1. The van der Waals surface area contributed by atoms with E-state index in [1.165, 1.54) is 5.56 Å². The highest BCUT2D eigenvalue weighted by Crippen LogP contribution is 2.28. The lowest BCUT2D eigenvalue weighted by Crippen LogP contribution is -2.12. The number of ether oxygens (including phenoxy) is 2. The Labute approximate surface area is 135 Å². The third-order valence-electron chi connectivity index (χ3n) is 3.15. The largest absolute Gasteiger partial charge is 0.493 e.